The molecule has 2 fully saturated rings. The molecule has 0 aliphatic heterocycles. The fraction of sp³-hybridized carbons (Fsp3) is 0.643. The maximum absolute atomic E-state index is 12.8. The molecule has 6 N–H and O–H groups in total. The summed E-state index contributed by atoms with van der Waals surface area (Å²) in [4.78, 5) is 58.9. The van der Waals surface area contributed by atoms with Gasteiger partial charge in [-0.05, 0) is 85.0 Å². The maximum Gasteiger partial charge on any atom is 0.345 e. The van der Waals surface area contributed by atoms with Gasteiger partial charge in [-0.3, -0.25) is 0 Å². The standard InChI is InChI=1S/C28H37N3O11/c1-28-10-9-16-15-6-4-14(33)11-13(15)3-5-17(16)18(28)7-8-19(28)24(25(37)38)42-26(39)23(36)22(35)21(34)20(12-32)29-27(40)31(2)30-41/h4,6,11-12,16-24,33-36H,3,5,7-10H2,1-2H3,(H,29,40)(H,37,38)/t16-,17-,18+,19-,20+,21-,22+,23+,24?,28+/m1/s1. The first kappa shape index (κ1) is 31.3. The van der Waals surface area contributed by atoms with Crippen molar-refractivity contribution in [3.8, 4) is 5.75 Å². The number of nitroso groups, excluding NO2 is 1. The van der Waals surface area contributed by atoms with Crippen molar-refractivity contribution in [2.24, 2.45) is 28.5 Å². The van der Waals surface area contributed by atoms with E-state index < -0.39 is 59.8 Å². The Morgan fingerprint density at radius 3 is 2.50 bits per heavy atom. The molecule has 230 valence electrons. The van der Waals surface area contributed by atoms with Crippen molar-refractivity contribution in [3.63, 3.8) is 0 Å². The average Bonchev–Trinajstić information content (AvgIpc) is 3.32. The fourth-order valence-electron chi connectivity index (χ4n) is 7.62. The number of carbonyl (C=O) groups is 4. The highest BCUT2D eigenvalue weighted by molar-refractivity contribution is 5.81. The molecule has 14 nitrogen and oxygen atoms in total. The number of hydrogen-bond acceptors (Lipinski definition) is 11. The van der Waals surface area contributed by atoms with Crippen molar-refractivity contribution in [2.75, 3.05) is 7.05 Å². The van der Waals surface area contributed by atoms with Crippen LogP contribution in [0.25, 0.3) is 0 Å². The number of benzene rings is 1. The monoisotopic (exact) mass is 591 g/mol. The molecule has 2 amide bonds. The summed E-state index contributed by atoms with van der Waals surface area (Å²) in [6.45, 7) is 2.01. The molecule has 0 bridgehead atoms. The van der Waals surface area contributed by atoms with Crippen molar-refractivity contribution >= 4 is 24.3 Å². The number of aliphatic carboxylic acids is 1. The topological polar surface area (TPSA) is 223 Å². The van der Waals surface area contributed by atoms with E-state index in [-0.39, 0.29) is 28.9 Å². The number of nitrogens with zero attached hydrogens (tertiary/aromatic N) is 2. The molecule has 42 heavy (non-hydrogen) atoms. The van der Waals surface area contributed by atoms with Crippen molar-refractivity contribution in [1.29, 1.82) is 0 Å². The summed E-state index contributed by atoms with van der Waals surface area (Å²) in [5.41, 5.74) is 1.86. The van der Waals surface area contributed by atoms with Crippen molar-refractivity contribution in [2.45, 2.75) is 81.8 Å². The molecule has 1 aromatic carbocycles. The molecule has 0 aromatic heterocycles. The number of nitrogens with one attached hydrogen (secondary N) is 1. The summed E-state index contributed by atoms with van der Waals surface area (Å²) in [5, 5.41) is 55.6. The normalized spacial score (nSPS) is 29.7. The number of aromatic hydroxyl groups is 1. The Morgan fingerprint density at radius 1 is 1.14 bits per heavy atom. The Bertz CT molecular complexity index is 1230. The number of aliphatic hydroxyl groups excluding tert-OH is 3. The predicted octanol–water partition coefficient (Wildman–Crippen LogP) is 0.834. The van der Waals surface area contributed by atoms with Gasteiger partial charge in [-0.25, -0.2) is 14.4 Å². The Morgan fingerprint density at radius 2 is 1.86 bits per heavy atom. The van der Waals surface area contributed by atoms with Gasteiger partial charge < -0.3 is 40.4 Å². The molecule has 14 heteroatoms. The quantitative estimate of drug-likeness (QED) is 0.0967. The van der Waals surface area contributed by atoms with E-state index in [4.69, 9.17) is 4.74 Å². The van der Waals surface area contributed by atoms with Crippen LogP contribution in [0.15, 0.2) is 23.5 Å². The first-order valence-corrected chi connectivity index (χ1v) is 14.0. The highest BCUT2D eigenvalue weighted by atomic mass is 16.6. The molecule has 2 saturated carbocycles. The van der Waals surface area contributed by atoms with Crippen LogP contribution in [-0.4, -0.2) is 92.3 Å². The number of carboxylic acids is 1. The minimum Gasteiger partial charge on any atom is -0.508 e. The lowest BCUT2D eigenvalue weighted by molar-refractivity contribution is -0.185. The van der Waals surface area contributed by atoms with Gasteiger partial charge in [0.1, 0.15) is 30.3 Å². The number of amides is 2. The predicted molar refractivity (Wildman–Crippen MR) is 144 cm³/mol. The number of fused-ring (bicyclic) bond motifs is 5. The first-order valence-electron chi connectivity index (χ1n) is 14.0. The minimum absolute atomic E-state index is 0.0186. The number of aldehydes is 1. The summed E-state index contributed by atoms with van der Waals surface area (Å²) < 4.78 is 5.27. The van der Waals surface area contributed by atoms with Gasteiger partial charge >= 0.3 is 18.0 Å². The fourth-order valence-corrected chi connectivity index (χ4v) is 7.62. The number of ether oxygens (including phenoxy) is 1. The smallest absolute Gasteiger partial charge is 0.345 e. The molecule has 3 aliphatic carbocycles. The maximum atomic E-state index is 12.8. The summed E-state index contributed by atoms with van der Waals surface area (Å²) in [6.07, 6.45) is -4.25. The number of urea groups is 1. The lowest BCUT2D eigenvalue weighted by Gasteiger charge is -2.51. The molecule has 0 spiro atoms. The second kappa shape index (κ2) is 12.3. The summed E-state index contributed by atoms with van der Waals surface area (Å²) in [6, 6.07) is 2.42. The Kier molecular flexibility index (Phi) is 9.18. The molecular formula is C28H37N3O11. The number of phenols is 1. The highest BCUT2D eigenvalue weighted by Crippen LogP contribution is 2.64. The lowest BCUT2D eigenvalue weighted by atomic mass is 9.53. The van der Waals surface area contributed by atoms with Gasteiger partial charge in [0.05, 0.1) is 5.29 Å². The van der Waals surface area contributed by atoms with Crippen LogP contribution in [-0.2, 0) is 25.5 Å². The van der Waals surface area contributed by atoms with Crippen LogP contribution >= 0.6 is 0 Å². The largest absolute Gasteiger partial charge is 0.508 e. The minimum atomic E-state index is -2.45. The van der Waals surface area contributed by atoms with Crippen LogP contribution in [0, 0.1) is 28.1 Å². The zero-order valence-corrected chi connectivity index (χ0v) is 23.3. The van der Waals surface area contributed by atoms with Crippen molar-refractivity contribution in [1.82, 2.24) is 10.3 Å². The molecule has 1 aromatic rings. The molecule has 0 saturated heterocycles. The zero-order chi connectivity index (χ0) is 30.9. The zero-order valence-electron chi connectivity index (χ0n) is 23.3. The van der Waals surface area contributed by atoms with Gasteiger partial charge in [-0.15, -0.1) is 4.91 Å². The number of esters is 1. The van der Waals surface area contributed by atoms with E-state index in [1.165, 1.54) is 5.56 Å². The number of aliphatic hydroxyl groups is 3. The number of hydrogen-bond donors (Lipinski definition) is 6. The van der Waals surface area contributed by atoms with Gasteiger partial charge in [-0.2, -0.15) is 5.01 Å². The van der Waals surface area contributed by atoms with Gasteiger partial charge in [0.25, 0.3) is 0 Å². The number of rotatable bonds is 10. The molecule has 4 rings (SSSR count). The number of aryl methyl sites for hydroxylation is 1. The van der Waals surface area contributed by atoms with Crippen LogP contribution in [0.3, 0.4) is 0 Å². The number of phenolic OH excluding ortho intramolecular Hbond substituents is 1. The van der Waals surface area contributed by atoms with Gasteiger partial charge in [0.15, 0.2) is 6.10 Å². The van der Waals surface area contributed by atoms with E-state index in [1.54, 1.807) is 12.1 Å². The molecule has 10 atom stereocenters. The van der Waals surface area contributed by atoms with E-state index in [1.807, 2.05) is 18.3 Å². The molecule has 3 aliphatic rings. The van der Waals surface area contributed by atoms with E-state index in [2.05, 4.69) is 5.29 Å². The van der Waals surface area contributed by atoms with Crippen molar-refractivity contribution in [3.05, 3.63) is 34.2 Å². The third-order valence-electron chi connectivity index (χ3n) is 9.77. The summed E-state index contributed by atoms with van der Waals surface area (Å²) >= 11 is 0. The van der Waals surface area contributed by atoms with Crippen LogP contribution in [0.5, 0.6) is 5.75 Å². The van der Waals surface area contributed by atoms with Gasteiger partial charge in [0.2, 0.25) is 6.10 Å². The van der Waals surface area contributed by atoms with Crippen LogP contribution in [0.4, 0.5) is 4.79 Å². The Balaban J connectivity index is 1.46. The lowest BCUT2D eigenvalue weighted by Crippen LogP contribution is -2.56. The third-order valence-corrected chi connectivity index (χ3v) is 9.77. The second-order valence-electron chi connectivity index (χ2n) is 11.9. The van der Waals surface area contributed by atoms with Crippen LogP contribution in [0.1, 0.15) is 56.1 Å². The van der Waals surface area contributed by atoms with Gasteiger partial charge in [-0.1, -0.05) is 13.0 Å². The molecular weight excluding hydrogens is 554 g/mol. The highest BCUT2D eigenvalue weighted by Gasteiger charge is 2.58. The Hall–Kier alpha value is -3.62. The second-order valence-corrected chi connectivity index (χ2v) is 11.9. The van der Waals surface area contributed by atoms with E-state index in [9.17, 15) is 49.6 Å². The third kappa shape index (κ3) is 5.70. The Labute approximate surface area is 241 Å². The first-order chi connectivity index (χ1) is 19.8. The van der Waals surface area contributed by atoms with Crippen LogP contribution in [0.2, 0.25) is 0 Å². The number of carbonyl (C=O) groups excluding carboxylic acids is 3. The average molecular weight is 592 g/mol. The van der Waals surface area contributed by atoms with E-state index in [0.29, 0.717) is 18.8 Å². The number of carboxylic acid groups (broad SMARTS) is 1. The molecule has 0 heterocycles. The summed E-state index contributed by atoms with van der Waals surface area (Å²) in [7, 11) is 0.963. The van der Waals surface area contributed by atoms with E-state index in [0.717, 1.165) is 38.3 Å². The van der Waals surface area contributed by atoms with Gasteiger partial charge in [0, 0.05) is 13.0 Å². The van der Waals surface area contributed by atoms with Crippen molar-refractivity contribution < 1.29 is 49.4 Å². The van der Waals surface area contributed by atoms with E-state index >= 15 is 0 Å². The van der Waals surface area contributed by atoms with Crippen LogP contribution < -0.4 is 5.32 Å². The summed E-state index contributed by atoms with van der Waals surface area (Å²) in [5.74, 6) is -2.53. The SMILES string of the molecule is CN(N=O)C(=O)N[C@@H](C=O)[C@@H](O)[C@H](O)[C@H](O)C(=O)OC(C(=O)O)[C@H]1CC[C@H]2[C@@H]3CCc4cc(O)ccc4[C@H]3CC[C@]12C. The molecule has 0 radical (unpaired) electrons. The molecule has 1 unspecified atom stereocenters.